The number of nitrogens with zero attached hydrogens (tertiary/aromatic N) is 2. The van der Waals surface area contributed by atoms with Gasteiger partial charge in [-0.05, 0) is 73.4 Å². The van der Waals surface area contributed by atoms with Crippen molar-refractivity contribution in [3.63, 3.8) is 0 Å². The fourth-order valence-corrected chi connectivity index (χ4v) is 7.73. The van der Waals surface area contributed by atoms with Crippen LogP contribution in [0.5, 0.6) is 5.75 Å². The van der Waals surface area contributed by atoms with Crippen LogP contribution in [0.1, 0.15) is 75.5 Å². The van der Waals surface area contributed by atoms with Gasteiger partial charge in [0.05, 0.1) is 23.4 Å². The number of hydrogen-bond donors (Lipinski definition) is 2. The molecule has 234 valence electrons. The molecule has 0 saturated heterocycles. The molecule has 0 bridgehead atoms. The summed E-state index contributed by atoms with van der Waals surface area (Å²) in [5, 5.41) is 3.18. The Balaban J connectivity index is 1.54. The molecule has 44 heavy (non-hydrogen) atoms. The van der Waals surface area contributed by atoms with E-state index in [1.54, 1.807) is 7.11 Å². The predicted octanol–water partition coefficient (Wildman–Crippen LogP) is 3.79. The molecule has 1 saturated carbocycles. The number of carbonyl (C=O) groups excluding carboxylic acids is 3. The fourth-order valence-electron chi connectivity index (χ4n) is 7.14. The molecule has 3 amide bonds. The third-order valence-corrected chi connectivity index (χ3v) is 11.2. The van der Waals surface area contributed by atoms with Gasteiger partial charge in [-0.15, -0.1) is 0 Å². The second kappa shape index (κ2) is 11.3. The summed E-state index contributed by atoms with van der Waals surface area (Å²) in [5.74, 6) is -1.23. The molecule has 1 unspecified atom stereocenters. The van der Waals surface area contributed by atoms with Gasteiger partial charge in [0.1, 0.15) is 5.75 Å². The molecule has 0 spiro atoms. The van der Waals surface area contributed by atoms with Crippen LogP contribution in [0.2, 0.25) is 0 Å². The van der Waals surface area contributed by atoms with Gasteiger partial charge >= 0.3 is 11.8 Å². The van der Waals surface area contributed by atoms with E-state index in [1.165, 1.54) is 57.7 Å². The Morgan fingerprint density at radius 1 is 1.09 bits per heavy atom. The van der Waals surface area contributed by atoms with E-state index >= 15 is 0 Å². The smallest absolute Gasteiger partial charge is 0.311 e. The predicted molar refractivity (Wildman–Crippen MR) is 168 cm³/mol. The highest BCUT2D eigenvalue weighted by atomic mass is 32.2. The van der Waals surface area contributed by atoms with Gasteiger partial charge in [0.25, 0.3) is 5.91 Å². The molecule has 1 aliphatic heterocycles. The van der Waals surface area contributed by atoms with Crippen LogP contribution in [-0.2, 0) is 31.0 Å². The summed E-state index contributed by atoms with van der Waals surface area (Å²) in [5.41, 5.74) is 5.98. The lowest BCUT2D eigenvalue weighted by Gasteiger charge is -2.32. The first kappa shape index (κ1) is 30.2. The first-order chi connectivity index (χ1) is 20.9. The van der Waals surface area contributed by atoms with Crippen molar-refractivity contribution in [1.82, 2.24) is 19.5 Å². The van der Waals surface area contributed by atoms with Crippen LogP contribution in [0.15, 0.2) is 52.6 Å². The zero-order valence-electron chi connectivity index (χ0n) is 25.9. The zero-order valence-corrected chi connectivity index (χ0v) is 26.7. The number of methoxy groups -OCH3 is 1. The second-order valence-corrected chi connectivity index (χ2v) is 15.0. The molecule has 3 aliphatic carbocycles. The Morgan fingerprint density at radius 3 is 2.48 bits per heavy atom. The number of allylic oxidation sites excluding steroid dienone is 2. The molecule has 4 aliphatic rings. The summed E-state index contributed by atoms with van der Waals surface area (Å²) in [6.07, 6.45) is 10.2. The molecule has 0 radical (unpaired) electrons. The molecule has 1 aromatic heterocycles. The number of ether oxygens (including phenoxy) is 1. The van der Waals surface area contributed by atoms with Gasteiger partial charge in [-0.3, -0.25) is 14.4 Å². The molecule has 10 nitrogen and oxygen atoms in total. The lowest BCUT2D eigenvalue weighted by atomic mass is 9.81. The lowest BCUT2D eigenvalue weighted by molar-refractivity contribution is -0.144. The van der Waals surface area contributed by atoms with Gasteiger partial charge < -0.3 is 19.5 Å². The number of amides is 3. The molecule has 2 N–H and O–H groups in total. The minimum absolute atomic E-state index is 0.379. The van der Waals surface area contributed by atoms with Crippen molar-refractivity contribution in [1.29, 1.82) is 0 Å². The molecule has 2 atom stereocenters. The number of aromatic nitrogens is 1. The quantitative estimate of drug-likeness (QED) is 0.474. The van der Waals surface area contributed by atoms with Gasteiger partial charge in [0.15, 0.2) is 0 Å². The first-order valence-electron chi connectivity index (χ1n) is 15.4. The van der Waals surface area contributed by atoms with Gasteiger partial charge in [-0.2, -0.15) is 0 Å². The Kier molecular flexibility index (Phi) is 7.72. The minimum Gasteiger partial charge on any atom is -0.496 e. The Hall–Kier alpha value is -3.86. The van der Waals surface area contributed by atoms with Gasteiger partial charge in [0, 0.05) is 43.7 Å². The van der Waals surface area contributed by atoms with Gasteiger partial charge in [-0.1, -0.05) is 37.5 Å². The zero-order chi connectivity index (χ0) is 31.5. The second-order valence-electron chi connectivity index (χ2n) is 12.7. The maximum Gasteiger partial charge on any atom is 0.311 e. The Morgan fingerprint density at radius 2 is 1.82 bits per heavy atom. The number of likely N-dealkylation sites (N-methyl/N-ethyl adjacent to an activating group) is 1. The van der Waals surface area contributed by atoms with Crippen LogP contribution in [0.3, 0.4) is 0 Å². The molecule has 1 fully saturated rings. The number of nitrogens with one attached hydrogen (secondary N) is 2. The van der Waals surface area contributed by atoms with Gasteiger partial charge in [-0.25, -0.2) is 13.1 Å². The summed E-state index contributed by atoms with van der Waals surface area (Å²) in [4.78, 5) is 40.3. The molecular weight excluding hydrogens is 580 g/mol. The topological polar surface area (TPSA) is 127 Å². The van der Waals surface area contributed by atoms with E-state index < -0.39 is 39.0 Å². The van der Waals surface area contributed by atoms with E-state index in [4.69, 9.17) is 4.74 Å². The van der Waals surface area contributed by atoms with E-state index in [9.17, 15) is 22.8 Å². The average Bonchev–Trinajstić information content (AvgIpc) is 3.63. The summed E-state index contributed by atoms with van der Waals surface area (Å²) in [6, 6.07) is 5.85. The lowest BCUT2D eigenvalue weighted by Crippen LogP contribution is -2.47. The normalized spacial score (nSPS) is 21.4. The third-order valence-electron chi connectivity index (χ3n) is 9.49. The molecule has 11 heteroatoms. The number of sulfonamides is 1. The van der Waals surface area contributed by atoms with Crippen molar-refractivity contribution < 1.29 is 27.5 Å². The SMILES string of the molecule is COc1ccc(C2CCCCC2)c2c1cc1n2CC2=C(C(=O)NS(=O)(=O)C(C)C)C2=C2C=CC[C@@H](NC(=O)C(=O)N(C)C)C21. The van der Waals surface area contributed by atoms with Crippen molar-refractivity contribution >= 4 is 38.6 Å². The van der Waals surface area contributed by atoms with Crippen LogP contribution in [0, 0.1) is 0 Å². The Bertz CT molecular complexity index is 1770. The molecule has 6 rings (SSSR count). The minimum atomic E-state index is -3.84. The van der Waals surface area contributed by atoms with E-state index in [1.807, 2.05) is 18.2 Å². The first-order valence-corrected chi connectivity index (χ1v) is 16.9. The van der Waals surface area contributed by atoms with Crippen molar-refractivity contribution in [2.45, 2.75) is 82.0 Å². The number of fused-ring (bicyclic) bond motifs is 6. The van der Waals surface area contributed by atoms with Crippen LogP contribution in [-0.4, -0.2) is 68.1 Å². The van der Waals surface area contributed by atoms with Crippen LogP contribution >= 0.6 is 0 Å². The van der Waals surface area contributed by atoms with Crippen molar-refractivity contribution in [2.75, 3.05) is 21.2 Å². The molecule has 2 aromatic rings. The van der Waals surface area contributed by atoms with Crippen molar-refractivity contribution in [3.8, 4) is 5.75 Å². The average molecular weight is 621 g/mol. The van der Waals surface area contributed by atoms with Crippen molar-refractivity contribution in [3.05, 3.63) is 63.9 Å². The third kappa shape index (κ3) is 5.04. The number of rotatable bonds is 6. The summed E-state index contributed by atoms with van der Waals surface area (Å²) < 4.78 is 35.6. The summed E-state index contributed by atoms with van der Waals surface area (Å²) in [7, 11) is 0.889. The highest BCUT2D eigenvalue weighted by Crippen LogP contribution is 2.54. The van der Waals surface area contributed by atoms with Crippen molar-refractivity contribution in [2.24, 2.45) is 0 Å². The highest BCUT2D eigenvalue weighted by molar-refractivity contribution is 7.90. The standard InChI is InChI=1S/C33H40N4O6S/c1-18(2)44(41,42)35-31(38)29-23-17-37-25(16-22-26(43-5)15-14-20(30(22)37)19-10-7-6-8-11-19)28-21(27(23)29)12-9-13-24(28)34-32(39)33(40)36(3)4/h9,12,14-16,18-19,24,28H,6-8,10-11,13,17H2,1-5H3,(H,34,39)(H,35,38)/t24-,28?/m1/s1. The molecular formula is C33H40N4O6S. The molecule has 2 heterocycles. The van der Waals surface area contributed by atoms with Crippen LogP contribution in [0.4, 0.5) is 0 Å². The van der Waals surface area contributed by atoms with E-state index in [0.29, 0.717) is 24.5 Å². The van der Waals surface area contributed by atoms with E-state index in [0.717, 1.165) is 51.9 Å². The highest BCUT2D eigenvalue weighted by Gasteiger charge is 2.47. The number of hydrogen-bond acceptors (Lipinski definition) is 6. The maximum absolute atomic E-state index is 13.5. The maximum atomic E-state index is 13.5. The Labute approximate surface area is 258 Å². The van der Waals surface area contributed by atoms with Crippen LogP contribution in [0.25, 0.3) is 10.9 Å². The summed E-state index contributed by atoms with van der Waals surface area (Å²) >= 11 is 0. The largest absolute Gasteiger partial charge is 0.496 e. The summed E-state index contributed by atoms with van der Waals surface area (Å²) in [6.45, 7) is 3.44. The number of benzene rings is 1. The van der Waals surface area contributed by atoms with Crippen LogP contribution < -0.4 is 14.8 Å². The fraction of sp³-hybridized carbons (Fsp3) is 0.485. The van der Waals surface area contributed by atoms with E-state index in [2.05, 4.69) is 26.7 Å². The molecule has 1 aromatic carbocycles. The van der Waals surface area contributed by atoms with E-state index in [-0.39, 0.29) is 5.92 Å². The monoisotopic (exact) mass is 620 g/mol. The number of carbonyl (C=O) groups is 3. The van der Waals surface area contributed by atoms with Gasteiger partial charge in [0.2, 0.25) is 10.0 Å².